The van der Waals surface area contributed by atoms with E-state index in [-0.39, 0.29) is 7.53 Å². The maximum atomic E-state index is 5.46. The lowest BCUT2D eigenvalue weighted by Crippen LogP contribution is -2.34. The lowest BCUT2D eigenvalue weighted by atomic mass is 9.97. The van der Waals surface area contributed by atoms with E-state index in [1.807, 2.05) is 30.6 Å². The summed E-state index contributed by atoms with van der Waals surface area (Å²) in [5, 5.41) is 0. The summed E-state index contributed by atoms with van der Waals surface area (Å²) >= 11 is 0. The number of imidazole rings is 1. The first-order chi connectivity index (χ1) is 15.2. The summed E-state index contributed by atoms with van der Waals surface area (Å²) in [5.41, 5.74) is 4.62. The number of hydrogen-bond acceptors (Lipinski definition) is 4. The molecule has 158 valence electrons. The second-order valence-electron chi connectivity index (χ2n) is 8.34. The van der Waals surface area contributed by atoms with E-state index >= 15 is 0 Å². The Morgan fingerprint density at radius 1 is 1.19 bits per heavy atom. The number of benzene rings is 1. The van der Waals surface area contributed by atoms with Crippen LogP contribution in [0.15, 0.2) is 66.6 Å². The molecule has 2 unspecified atom stereocenters. The molecular formula is C25H28N4OP+. The second-order valence-corrected chi connectivity index (χ2v) is 10.2. The van der Waals surface area contributed by atoms with Gasteiger partial charge in [0.15, 0.2) is 5.93 Å². The monoisotopic (exact) mass is 431 g/mol. The molecule has 5 rings (SSSR count). The van der Waals surface area contributed by atoms with Gasteiger partial charge >= 0.3 is 0 Å². The van der Waals surface area contributed by atoms with Gasteiger partial charge in [0.05, 0.1) is 18.3 Å². The highest BCUT2D eigenvalue weighted by molar-refractivity contribution is 7.46. The normalized spacial score (nSPS) is 17.7. The Morgan fingerprint density at radius 3 is 2.97 bits per heavy atom. The van der Waals surface area contributed by atoms with Crippen molar-refractivity contribution in [3.05, 3.63) is 78.0 Å². The second kappa shape index (κ2) is 8.78. The number of ether oxygens (including phenoxy) is 1. The first-order valence-corrected chi connectivity index (χ1v) is 12.8. The van der Waals surface area contributed by atoms with Gasteiger partial charge < -0.3 is 4.74 Å². The van der Waals surface area contributed by atoms with Crippen molar-refractivity contribution in [3.8, 4) is 17.0 Å². The average molecular weight is 432 g/mol. The van der Waals surface area contributed by atoms with Crippen LogP contribution in [0.4, 0.5) is 0 Å². The highest BCUT2D eigenvalue weighted by atomic mass is 31.1. The fourth-order valence-electron chi connectivity index (χ4n) is 4.58. The van der Waals surface area contributed by atoms with E-state index in [0.717, 1.165) is 36.6 Å². The van der Waals surface area contributed by atoms with Gasteiger partial charge in [-0.25, -0.2) is 4.98 Å². The Morgan fingerprint density at radius 2 is 2.13 bits per heavy atom. The van der Waals surface area contributed by atoms with Gasteiger partial charge in [-0.3, -0.25) is 14.3 Å². The Bertz CT molecular complexity index is 1190. The molecule has 4 aromatic rings. The fourth-order valence-corrected chi connectivity index (χ4v) is 5.64. The van der Waals surface area contributed by atoms with Crippen molar-refractivity contribution in [2.24, 2.45) is 6.66 Å². The van der Waals surface area contributed by atoms with Crippen molar-refractivity contribution in [1.29, 1.82) is 0 Å². The first kappa shape index (κ1) is 20.2. The van der Waals surface area contributed by atoms with Gasteiger partial charge in [0.1, 0.15) is 31.6 Å². The summed E-state index contributed by atoms with van der Waals surface area (Å²) in [6.45, 7) is 5.40. The predicted octanol–water partition coefficient (Wildman–Crippen LogP) is 5.59. The van der Waals surface area contributed by atoms with Gasteiger partial charge in [0.25, 0.3) is 0 Å². The Hall–Kier alpha value is -2.75. The van der Waals surface area contributed by atoms with Gasteiger partial charge in [-0.1, -0.05) is 18.2 Å². The molecule has 0 aliphatic carbocycles. The van der Waals surface area contributed by atoms with Crippen LogP contribution in [0, 0.1) is 0 Å². The van der Waals surface area contributed by atoms with Gasteiger partial charge in [0.2, 0.25) is 0 Å². The third-order valence-electron chi connectivity index (χ3n) is 6.08. The van der Waals surface area contributed by atoms with Crippen LogP contribution in [0.25, 0.3) is 16.8 Å². The maximum Gasteiger partial charge on any atom is 0.188 e. The number of methoxy groups -OCH3 is 1. The van der Waals surface area contributed by atoms with Gasteiger partial charge in [-0.05, 0) is 43.1 Å². The molecule has 0 spiro atoms. The average Bonchev–Trinajstić information content (AvgIpc) is 3.19. The molecule has 1 aliphatic heterocycles. The van der Waals surface area contributed by atoms with E-state index in [1.165, 1.54) is 29.7 Å². The molecule has 3 aromatic heterocycles. The van der Waals surface area contributed by atoms with E-state index in [2.05, 4.69) is 56.9 Å². The molecule has 0 amide bonds. The third kappa shape index (κ3) is 4.21. The molecule has 0 radical (unpaired) electrons. The molecule has 2 atom stereocenters. The summed E-state index contributed by atoms with van der Waals surface area (Å²) in [5.74, 6) is 7.17. The SMILES string of the molecule is COc1cccc(-c2nc(C3CCCN(Cc4cccnc4)C3)n3c[p+](C)ccc23)c1. The van der Waals surface area contributed by atoms with Gasteiger partial charge in [-0.2, -0.15) is 0 Å². The molecule has 6 heteroatoms. The number of rotatable bonds is 5. The van der Waals surface area contributed by atoms with Crippen LogP contribution in [0.1, 0.15) is 30.1 Å². The van der Waals surface area contributed by atoms with Crippen LogP contribution < -0.4 is 4.74 Å². The zero-order valence-electron chi connectivity index (χ0n) is 18.1. The van der Waals surface area contributed by atoms with Crippen LogP contribution in [0.5, 0.6) is 5.75 Å². The Kier molecular flexibility index (Phi) is 5.71. The number of aryl methyl sites for hydroxylation is 1. The highest BCUT2D eigenvalue weighted by Crippen LogP contribution is 2.36. The molecule has 1 saturated heterocycles. The van der Waals surface area contributed by atoms with Crippen LogP contribution in [0.2, 0.25) is 0 Å². The van der Waals surface area contributed by atoms with Crippen LogP contribution in [-0.4, -0.2) is 39.5 Å². The maximum absolute atomic E-state index is 5.46. The number of pyridine rings is 1. The molecule has 4 heterocycles. The summed E-state index contributed by atoms with van der Waals surface area (Å²) < 4.78 is 7.84. The molecule has 0 N–H and O–H groups in total. The molecule has 1 aliphatic rings. The zero-order valence-corrected chi connectivity index (χ0v) is 19.0. The highest BCUT2D eigenvalue weighted by Gasteiger charge is 2.27. The number of likely N-dealkylation sites (tertiary alicyclic amines) is 1. The molecule has 1 aromatic carbocycles. The summed E-state index contributed by atoms with van der Waals surface area (Å²) in [7, 11) is 1.45. The quantitative estimate of drug-likeness (QED) is 0.413. The predicted molar refractivity (Wildman–Crippen MR) is 127 cm³/mol. The van der Waals surface area contributed by atoms with E-state index in [1.54, 1.807) is 7.11 Å². The molecule has 5 nitrogen and oxygen atoms in total. The third-order valence-corrected chi connectivity index (χ3v) is 7.30. The van der Waals surface area contributed by atoms with E-state index in [9.17, 15) is 0 Å². The van der Waals surface area contributed by atoms with Crippen LogP contribution in [0.3, 0.4) is 0 Å². The van der Waals surface area contributed by atoms with Crippen LogP contribution >= 0.6 is 7.53 Å². The standard InChI is InChI=1S/C25H28N4OP/c1-30-22-9-3-7-20(14-22)24-23-10-13-31(2)18-29(23)25(27-24)21-8-5-12-28(17-21)16-19-6-4-11-26-15-19/h3-4,6-7,9-11,13-15,18,21H,5,8,12,16-17H2,1-2H3/q+1. The van der Waals surface area contributed by atoms with E-state index in [0.29, 0.717) is 5.92 Å². The molecule has 31 heavy (non-hydrogen) atoms. The minimum absolute atomic E-state index is 0.260. The number of piperidine rings is 1. The van der Waals surface area contributed by atoms with E-state index < -0.39 is 0 Å². The minimum atomic E-state index is -0.260. The van der Waals surface area contributed by atoms with Crippen LogP contribution in [-0.2, 0) is 13.2 Å². The molecule has 0 saturated carbocycles. The Balaban J connectivity index is 1.51. The smallest absolute Gasteiger partial charge is 0.188 e. The van der Waals surface area contributed by atoms with Crippen molar-refractivity contribution >= 4 is 13.1 Å². The number of nitrogens with zero attached hydrogens (tertiary/aromatic N) is 4. The first-order valence-electron chi connectivity index (χ1n) is 10.8. The fraction of sp³-hybridized carbons (Fsp3) is 0.320. The van der Waals surface area contributed by atoms with Crippen molar-refractivity contribution < 1.29 is 4.74 Å². The van der Waals surface area contributed by atoms with Crippen molar-refractivity contribution in [1.82, 2.24) is 19.3 Å². The molecule has 1 fully saturated rings. The largest absolute Gasteiger partial charge is 0.497 e. The van der Waals surface area contributed by atoms with Crippen molar-refractivity contribution in [2.75, 3.05) is 20.2 Å². The van der Waals surface area contributed by atoms with Crippen molar-refractivity contribution in [3.63, 3.8) is 0 Å². The number of fused-ring (bicyclic) bond motifs is 1. The molecular weight excluding hydrogens is 403 g/mol. The topological polar surface area (TPSA) is 42.7 Å². The summed E-state index contributed by atoms with van der Waals surface area (Å²) in [6.07, 6.45) is 6.19. The Labute approximate surface area is 184 Å². The summed E-state index contributed by atoms with van der Waals surface area (Å²) in [6, 6.07) is 14.7. The van der Waals surface area contributed by atoms with Gasteiger partial charge in [0, 0.05) is 43.0 Å². The van der Waals surface area contributed by atoms with Gasteiger partial charge in [-0.15, -0.1) is 0 Å². The lowest BCUT2D eigenvalue weighted by Gasteiger charge is -2.32. The number of hydrogen-bond donors (Lipinski definition) is 0. The summed E-state index contributed by atoms with van der Waals surface area (Å²) in [4.78, 5) is 12.1. The minimum Gasteiger partial charge on any atom is -0.497 e. The molecule has 0 bridgehead atoms. The van der Waals surface area contributed by atoms with E-state index in [4.69, 9.17) is 9.72 Å². The number of aromatic nitrogens is 3. The van der Waals surface area contributed by atoms with Crippen molar-refractivity contribution in [2.45, 2.75) is 25.3 Å². The zero-order chi connectivity index (χ0) is 21.2. The lowest BCUT2D eigenvalue weighted by molar-refractivity contribution is 0.196.